The summed E-state index contributed by atoms with van der Waals surface area (Å²) in [6, 6.07) is 0. The molecule has 0 unspecified atom stereocenters. The molecule has 0 aromatic heterocycles. The molecule has 0 saturated carbocycles. The Morgan fingerprint density at radius 2 is 1.50 bits per heavy atom. The van der Waals surface area contributed by atoms with Crippen molar-refractivity contribution in [1.82, 2.24) is 0 Å². The molecule has 6 heteroatoms. The molecule has 0 aromatic rings. The fraction of sp³-hybridized carbons (Fsp3) is 0. The van der Waals surface area contributed by atoms with Crippen molar-refractivity contribution >= 4 is 63.1 Å². The second kappa shape index (κ2) is 9.48. The second-order valence-electron chi connectivity index (χ2n) is 0.283. The summed E-state index contributed by atoms with van der Waals surface area (Å²) < 4.78 is 8.74. The van der Waals surface area contributed by atoms with Crippen LogP contribution >= 0.6 is 0 Å². The smallest absolute Gasteiger partial charge is 1.00 e. The summed E-state index contributed by atoms with van der Waals surface area (Å²) in [5, 5.41) is 0. The summed E-state index contributed by atoms with van der Waals surface area (Å²) in [6.45, 7) is 0. The van der Waals surface area contributed by atoms with Crippen molar-refractivity contribution in [1.29, 1.82) is 0 Å². The first-order chi connectivity index (χ1) is 1.73. The zero-order valence-corrected chi connectivity index (χ0v) is 7.56. The molecular weight excluding hydrogens is 175 g/mol. The zero-order valence-electron chi connectivity index (χ0n) is 5.09. The fourth-order valence-corrected chi connectivity index (χ4v) is 0. The van der Waals surface area contributed by atoms with Crippen molar-refractivity contribution in [3.05, 3.63) is 0 Å². The Bertz CT molecular complexity index is 40.3. The van der Waals surface area contributed by atoms with Gasteiger partial charge in [0.15, 0.2) is 0 Å². The summed E-state index contributed by atoms with van der Waals surface area (Å²) >= 11 is 0. The van der Waals surface area contributed by atoms with E-state index in [9.17, 15) is 0 Å². The van der Waals surface area contributed by atoms with E-state index in [2.05, 4.69) is 0 Å². The van der Waals surface area contributed by atoms with Crippen molar-refractivity contribution < 1.29 is 16.9 Å². The summed E-state index contributed by atoms with van der Waals surface area (Å²) in [5.41, 5.74) is 0. The summed E-state index contributed by atoms with van der Waals surface area (Å²) in [4.78, 5) is 14.3. The van der Waals surface area contributed by atoms with Crippen LogP contribution in [0.5, 0.6) is 0 Å². The monoisotopic (exact) mass is 179 g/mol. The Hall–Kier alpha value is 1.16. The number of rotatable bonds is 0. The first-order valence-electron chi connectivity index (χ1n) is 0.651. The fourth-order valence-electron chi connectivity index (χ4n) is 0. The van der Waals surface area contributed by atoms with Gasteiger partial charge in [0.2, 0.25) is 0 Å². The van der Waals surface area contributed by atoms with Crippen molar-refractivity contribution in [3.63, 3.8) is 0 Å². The maximum Gasteiger partial charge on any atom is 2.00 e. The molecular formula is H4BO3SiSr. The standard InChI is InChI=1S/B.H2O3Si.Sr.2H/c;1-4(2)3;;;/h;1-2H;;;/q;;+2;2*-1. The van der Waals surface area contributed by atoms with Gasteiger partial charge in [0.25, 0.3) is 0 Å². The minimum absolute atomic E-state index is 0. The third-order valence-electron chi connectivity index (χ3n) is 0. The topological polar surface area (TPSA) is 57.5 Å². The molecule has 3 nitrogen and oxygen atoms in total. The van der Waals surface area contributed by atoms with Gasteiger partial charge >= 0.3 is 54.7 Å². The Labute approximate surface area is 79.1 Å². The van der Waals surface area contributed by atoms with E-state index in [1.54, 1.807) is 0 Å². The van der Waals surface area contributed by atoms with Crippen molar-refractivity contribution in [2.24, 2.45) is 0 Å². The van der Waals surface area contributed by atoms with Crippen molar-refractivity contribution in [3.8, 4) is 0 Å². The number of hydrogen-bond donors (Lipinski definition) is 2. The molecule has 0 amide bonds. The van der Waals surface area contributed by atoms with E-state index in [-0.39, 0.29) is 56.7 Å². The van der Waals surface area contributed by atoms with Gasteiger partial charge in [-0.25, -0.2) is 0 Å². The van der Waals surface area contributed by atoms with Crippen molar-refractivity contribution in [2.45, 2.75) is 0 Å². The van der Waals surface area contributed by atoms with E-state index >= 15 is 0 Å². The van der Waals surface area contributed by atoms with E-state index in [0.29, 0.717) is 0 Å². The normalized spacial score (nSPS) is 4.00. The maximum atomic E-state index is 8.74. The van der Waals surface area contributed by atoms with Crippen LogP contribution in [0.1, 0.15) is 2.85 Å². The Morgan fingerprint density at radius 1 is 1.50 bits per heavy atom. The van der Waals surface area contributed by atoms with Gasteiger partial charge in [-0.2, -0.15) is 0 Å². The predicted octanol–water partition coefficient (Wildman–Crippen LogP) is -2.15. The molecule has 0 rings (SSSR count). The molecule has 6 heavy (non-hydrogen) atoms. The molecule has 0 aliphatic carbocycles. The molecule has 0 heterocycles. The molecule has 31 valence electrons. The quantitative estimate of drug-likeness (QED) is 0.416. The average molecular weight is 179 g/mol. The Morgan fingerprint density at radius 3 is 1.50 bits per heavy atom. The number of hydrogen-bond acceptors (Lipinski definition) is 1. The van der Waals surface area contributed by atoms with Crippen LogP contribution in [0.2, 0.25) is 0 Å². The van der Waals surface area contributed by atoms with Gasteiger partial charge in [0.05, 0.1) is 0 Å². The van der Waals surface area contributed by atoms with E-state index in [1.807, 2.05) is 0 Å². The largest absolute Gasteiger partial charge is 2.00 e. The van der Waals surface area contributed by atoms with E-state index in [4.69, 9.17) is 14.1 Å². The first kappa shape index (κ1) is 15.7. The van der Waals surface area contributed by atoms with Crippen LogP contribution in [-0.2, 0) is 4.46 Å². The summed E-state index contributed by atoms with van der Waals surface area (Å²) in [5.74, 6) is 0. The van der Waals surface area contributed by atoms with Crippen LogP contribution in [0.4, 0.5) is 0 Å². The van der Waals surface area contributed by atoms with Crippen LogP contribution in [0.3, 0.4) is 0 Å². The molecule has 0 saturated heterocycles. The molecule has 0 fully saturated rings. The minimum Gasteiger partial charge on any atom is -1.00 e. The maximum absolute atomic E-state index is 8.74. The predicted molar refractivity (Wildman–Crippen MR) is 24.6 cm³/mol. The molecule has 0 atom stereocenters. The molecule has 0 aliphatic rings. The second-order valence-corrected chi connectivity index (χ2v) is 0.848. The van der Waals surface area contributed by atoms with Crippen molar-refractivity contribution in [2.75, 3.05) is 0 Å². The molecule has 0 bridgehead atoms. The first-order valence-corrected chi connectivity index (χ1v) is 1.95. The van der Waals surface area contributed by atoms with Gasteiger partial charge < -0.3 is 12.4 Å². The van der Waals surface area contributed by atoms with Gasteiger partial charge in [0, 0.05) is 8.41 Å². The summed E-state index contributed by atoms with van der Waals surface area (Å²) in [6.07, 6.45) is 0. The minimum atomic E-state index is -3.13. The van der Waals surface area contributed by atoms with Crippen LogP contribution in [0, 0.1) is 0 Å². The van der Waals surface area contributed by atoms with Gasteiger partial charge in [-0.1, -0.05) is 0 Å². The van der Waals surface area contributed by atoms with Crippen LogP contribution in [0.25, 0.3) is 0 Å². The summed E-state index contributed by atoms with van der Waals surface area (Å²) in [7, 11) is -3.13. The van der Waals surface area contributed by atoms with Gasteiger partial charge in [-0.05, 0) is 0 Å². The molecule has 0 aliphatic heterocycles. The molecule has 0 spiro atoms. The van der Waals surface area contributed by atoms with E-state index in [1.165, 1.54) is 0 Å². The van der Waals surface area contributed by atoms with Gasteiger partial charge in [0.1, 0.15) is 0 Å². The molecule has 3 radical (unpaired) electrons. The Balaban J connectivity index is -0.00000000750. The SMILES string of the molecule is O=[Si](O)O.[B].[H-].[H-].[Sr+2]. The third kappa shape index (κ3) is 66.2. The van der Waals surface area contributed by atoms with E-state index < -0.39 is 9.17 Å². The van der Waals surface area contributed by atoms with Crippen LogP contribution < -0.4 is 0 Å². The van der Waals surface area contributed by atoms with E-state index in [0.717, 1.165) is 0 Å². The van der Waals surface area contributed by atoms with Crippen LogP contribution in [0.15, 0.2) is 0 Å². The zero-order chi connectivity index (χ0) is 3.58. The third-order valence-corrected chi connectivity index (χ3v) is 0. The molecule has 2 N–H and O–H groups in total. The average Bonchev–Trinajstić information content (AvgIpc) is 0.811. The van der Waals surface area contributed by atoms with Crippen LogP contribution in [-0.4, -0.2) is 72.7 Å². The van der Waals surface area contributed by atoms with Gasteiger partial charge in [-0.3, -0.25) is 4.46 Å². The Kier molecular flexibility index (Phi) is 24.8. The van der Waals surface area contributed by atoms with Gasteiger partial charge in [-0.15, -0.1) is 0 Å². The molecule has 0 aromatic carbocycles.